The summed E-state index contributed by atoms with van der Waals surface area (Å²) in [6, 6.07) is 11.8. The van der Waals surface area contributed by atoms with E-state index in [0.29, 0.717) is 21.3 Å². The SMILES string of the molecule is CC(C)(C)c1ccc(C(=O)OCC(=O)Nc2cc(Cl)ccc2Cl)cc1. The van der Waals surface area contributed by atoms with Crippen LogP contribution in [0.3, 0.4) is 0 Å². The molecular formula is C19H19Cl2NO3. The van der Waals surface area contributed by atoms with Crippen LogP contribution in [0.5, 0.6) is 0 Å². The number of halogens is 2. The summed E-state index contributed by atoms with van der Waals surface area (Å²) in [6.07, 6.45) is 0. The zero-order chi connectivity index (χ0) is 18.6. The van der Waals surface area contributed by atoms with Gasteiger partial charge in [0.05, 0.1) is 16.3 Å². The maximum Gasteiger partial charge on any atom is 0.338 e. The summed E-state index contributed by atoms with van der Waals surface area (Å²) >= 11 is 11.8. The van der Waals surface area contributed by atoms with Crippen LogP contribution in [0.15, 0.2) is 42.5 Å². The van der Waals surface area contributed by atoms with E-state index >= 15 is 0 Å². The lowest BCUT2D eigenvalue weighted by molar-refractivity contribution is -0.119. The fraction of sp³-hybridized carbons (Fsp3) is 0.263. The van der Waals surface area contributed by atoms with Crippen molar-refractivity contribution in [3.05, 3.63) is 63.6 Å². The van der Waals surface area contributed by atoms with Crippen LogP contribution >= 0.6 is 23.2 Å². The highest BCUT2D eigenvalue weighted by atomic mass is 35.5. The predicted molar refractivity (Wildman–Crippen MR) is 101 cm³/mol. The maximum absolute atomic E-state index is 12.0. The molecule has 0 spiro atoms. The fourth-order valence-corrected chi connectivity index (χ4v) is 2.44. The number of benzene rings is 2. The van der Waals surface area contributed by atoms with E-state index in [1.807, 2.05) is 12.1 Å². The molecule has 0 saturated heterocycles. The predicted octanol–water partition coefficient (Wildman–Crippen LogP) is 5.09. The lowest BCUT2D eigenvalue weighted by Gasteiger charge is -2.18. The molecule has 132 valence electrons. The molecule has 0 radical (unpaired) electrons. The zero-order valence-electron chi connectivity index (χ0n) is 14.2. The molecule has 0 fully saturated rings. The molecule has 2 rings (SSSR count). The van der Waals surface area contributed by atoms with Crippen LogP contribution in [0.2, 0.25) is 10.0 Å². The van der Waals surface area contributed by atoms with Gasteiger partial charge < -0.3 is 10.1 Å². The Morgan fingerprint density at radius 3 is 2.28 bits per heavy atom. The van der Waals surface area contributed by atoms with Gasteiger partial charge in [0.25, 0.3) is 5.91 Å². The second kappa shape index (κ2) is 7.89. The fourth-order valence-electron chi connectivity index (χ4n) is 2.10. The molecule has 2 aromatic rings. The number of carbonyl (C=O) groups is 2. The number of esters is 1. The quantitative estimate of drug-likeness (QED) is 0.752. The first kappa shape index (κ1) is 19.3. The summed E-state index contributed by atoms with van der Waals surface area (Å²) in [7, 11) is 0. The minimum Gasteiger partial charge on any atom is -0.452 e. The molecule has 0 unspecified atom stereocenters. The Balaban J connectivity index is 1.93. The van der Waals surface area contributed by atoms with Crippen molar-refractivity contribution in [3.63, 3.8) is 0 Å². The van der Waals surface area contributed by atoms with Gasteiger partial charge in [0.1, 0.15) is 0 Å². The molecule has 0 aliphatic heterocycles. The zero-order valence-corrected chi connectivity index (χ0v) is 15.7. The van der Waals surface area contributed by atoms with Crippen LogP contribution in [0.1, 0.15) is 36.7 Å². The molecule has 25 heavy (non-hydrogen) atoms. The van der Waals surface area contributed by atoms with E-state index in [4.69, 9.17) is 27.9 Å². The molecule has 0 bridgehead atoms. The van der Waals surface area contributed by atoms with Gasteiger partial charge in [-0.1, -0.05) is 56.1 Å². The number of ether oxygens (including phenoxy) is 1. The third-order valence-corrected chi connectivity index (χ3v) is 4.09. The van der Waals surface area contributed by atoms with Crippen molar-refractivity contribution in [2.24, 2.45) is 0 Å². The van der Waals surface area contributed by atoms with Gasteiger partial charge >= 0.3 is 5.97 Å². The standard InChI is InChI=1S/C19H19Cl2NO3/c1-19(2,3)13-6-4-12(5-7-13)18(24)25-11-17(23)22-16-10-14(20)8-9-15(16)21/h4-10H,11H2,1-3H3,(H,22,23). The van der Waals surface area contributed by atoms with E-state index < -0.39 is 18.5 Å². The van der Waals surface area contributed by atoms with Crippen molar-refractivity contribution < 1.29 is 14.3 Å². The third-order valence-electron chi connectivity index (χ3n) is 3.52. The molecule has 6 heteroatoms. The summed E-state index contributed by atoms with van der Waals surface area (Å²) in [5.41, 5.74) is 1.86. The Labute approximate surface area is 157 Å². The van der Waals surface area contributed by atoms with Gasteiger partial charge in [-0.15, -0.1) is 0 Å². The first-order valence-corrected chi connectivity index (χ1v) is 8.45. The van der Waals surface area contributed by atoms with Crippen molar-refractivity contribution in [2.45, 2.75) is 26.2 Å². The van der Waals surface area contributed by atoms with Crippen LogP contribution in [0.4, 0.5) is 5.69 Å². The lowest BCUT2D eigenvalue weighted by Crippen LogP contribution is -2.21. The molecule has 4 nitrogen and oxygen atoms in total. The number of carbonyl (C=O) groups excluding carboxylic acids is 2. The first-order chi connectivity index (χ1) is 11.7. The van der Waals surface area contributed by atoms with Crippen molar-refractivity contribution in [2.75, 3.05) is 11.9 Å². The Hall–Kier alpha value is -2.04. The Bertz CT molecular complexity index is 780. The molecule has 0 aromatic heterocycles. The summed E-state index contributed by atoms with van der Waals surface area (Å²) in [5.74, 6) is -1.06. The lowest BCUT2D eigenvalue weighted by atomic mass is 9.87. The van der Waals surface area contributed by atoms with E-state index in [1.165, 1.54) is 6.07 Å². The average molecular weight is 380 g/mol. The topological polar surface area (TPSA) is 55.4 Å². The van der Waals surface area contributed by atoms with Crippen LogP contribution in [0, 0.1) is 0 Å². The van der Waals surface area contributed by atoms with Crippen LogP contribution in [-0.4, -0.2) is 18.5 Å². The van der Waals surface area contributed by atoms with E-state index in [2.05, 4.69) is 26.1 Å². The number of rotatable bonds is 4. The van der Waals surface area contributed by atoms with Crippen molar-refractivity contribution in [1.82, 2.24) is 0 Å². The molecule has 0 heterocycles. The van der Waals surface area contributed by atoms with Crippen molar-refractivity contribution in [1.29, 1.82) is 0 Å². The van der Waals surface area contributed by atoms with E-state index in [0.717, 1.165) is 5.56 Å². The molecule has 0 atom stereocenters. The largest absolute Gasteiger partial charge is 0.452 e. The Kier molecular flexibility index (Phi) is 6.09. The number of hydrogen-bond donors (Lipinski definition) is 1. The second-order valence-electron chi connectivity index (χ2n) is 6.58. The highest BCUT2D eigenvalue weighted by molar-refractivity contribution is 6.35. The minimum atomic E-state index is -0.562. The Morgan fingerprint density at radius 1 is 1.04 bits per heavy atom. The summed E-state index contributed by atoms with van der Waals surface area (Å²) in [6.45, 7) is 5.85. The maximum atomic E-state index is 12.0. The smallest absolute Gasteiger partial charge is 0.338 e. The Morgan fingerprint density at radius 2 is 1.68 bits per heavy atom. The van der Waals surface area contributed by atoms with Gasteiger partial charge in [-0.25, -0.2) is 4.79 Å². The number of nitrogens with one attached hydrogen (secondary N) is 1. The van der Waals surface area contributed by atoms with Gasteiger partial charge in [-0.2, -0.15) is 0 Å². The highest BCUT2D eigenvalue weighted by Crippen LogP contribution is 2.25. The van der Waals surface area contributed by atoms with Crippen molar-refractivity contribution in [3.8, 4) is 0 Å². The molecule has 2 aromatic carbocycles. The van der Waals surface area contributed by atoms with Gasteiger partial charge in [0, 0.05) is 5.02 Å². The number of hydrogen-bond acceptors (Lipinski definition) is 3. The van der Waals surface area contributed by atoms with E-state index in [1.54, 1.807) is 24.3 Å². The molecule has 1 N–H and O–H groups in total. The normalized spacial score (nSPS) is 11.1. The second-order valence-corrected chi connectivity index (χ2v) is 7.42. The van der Waals surface area contributed by atoms with Gasteiger partial charge in [-0.3, -0.25) is 4.79 Å². The summed E-state index contributed by atoms with van der Waals surface area (Å²) < 4.78 is 5.03. The third kappa shape index (κ3) is 5.48. The summed E-state index contributed by atoms with van der Waals surface area (Å²) in [5, 5.41) is 3.34. The van der Waals surface area contributed by atoms with Gasteiger partial charge in [-0.05, 0) is 41.3 Å². The summed E-state index contributed by atoms with van der Waals surface area (Å²) in [4.78, 5) is 23.9. The highest BCUT2D eigenvalue weighted by Gasteiger charge is 2.15. The number of anilines is 1. The number of amides is 1. The first-order valence-electron chi connectivity index (χ1n) is 7.69. The van der Waals surface area contributed by atoms with Crippen molar-refractivity contribution >= 4 is 40.8 Å². The molecule has 1 amide bonds. The van der Waals surface area contributed by atoms with E-state index in [9.17, 15) is 9.59 Å². The minimum absolute atomic E-state index is 0.00144. The molecule has 0 aliphatic carbocycles. The van der Waals surface area contributed by atoms with Gasteiger partial charge in [0.15, 0.2) is 6.61 Å². The molecular weight excluding hydrogens is 361 g/mol. The van der Waals surface area contributed by atoms with Gasteiger partial charge in [0.2, 0.25) is 0 Å². The van der Waals surface area contributed by atoms with Crippen LogP contribution < -0.4 is 5.32 Å². The molecule has 0 aliphatic rings. The molecule has 0 saturated carbocycles. The monoisotopic (exact) mass is 379 g/mol. The van der Waals surface area contributed by atoms with Crippen LogP contribution in [-0.2, 0) is 14.9 Å². The average Bonchev–Trinajstić information content (AvgIpc) is 2.55. The van der Waals surface area contributed by atoms with Crippen LogP contribution in [0.25, 0.3) is 0 Å². The van der Waals surface area contributed by atoms with E-state index in [-0.39, 0.29) is 5.41 Å².